The Bertz CT molecular complexity index is 420. The monoisotopic (exact) mass is 226 g/mol. The number of aryl methyl sites for hydroxylation is 1. The number of hydrogen-bond acceptors (Lipinski definition) is 3. The van der Waals surface area contributed by atoms with Crippen molar-refractivity contribution in [2.24, 2.45) is 0 Å². The third-order valence-electron chi connectivity index (χ3n) is 1.97. The predicted molar refractivity (Wildman–Crippen MR) is 59.5 cm³/mol. The van der Waals surface area contributed by atoms with Crippen LogP contribution in [0.4, 0.5) is 0 Å². The standard InChI is InChI=1S/C11H14O3S/c1-10(12)9-15(13,14)8-7-11-5-3-2-4-6-11/h2-6H,7-9H2,1H3. The molecule has 0 saturated carbocycles. The zero-order chi connectivity index (χ0) is 11.3. The number of benzene rings is 1. The van der Waals surface area contributed by atoms with Crippen LogP contribution in [0.25, 0.3) is 0 Å². The summed E-state index contributed by atoms with van der Waals surface area (Å²) in [4.78, 5) is 10.7. The highest BCUT2D eigenvalue weighted by Gasteiger charge is 2.13. The normalized spacial score (nSPS) is 11.3. The zero-order valence-electron chi connectivity index (χ0n) is 8.64. The summed E-state index contributed by atoms with van der Waals surface area (Å²) in [5.41, 5.74) is 0.977. The Morgan fingerprint density at radius 1 is 1.20 bits per heavy atom. The van der Waals surface area contributed by atoms with Gasteiger partial charge in [-0.2, -0.15) is 0 Å². The van der Waals surface area contributed by atoms with E-state index in [9.17, 15) is 13.2 Å². The lowest BCUT2D eigenvalue weighted by Crippen LogP contribution is -2.17. The van der Waals surface area contributed by atoms with E-state index in [-0.39, 0.29) is 17.3 Å². The predicted octanol–water partition coefficient (Wildman–Crippen LogP) is 1.23. The first kappa shape index (κ1) is 11.9. The van der Waals surface area contributed by atoms with E-state index in [4.69, 9.17) is 0 Å². The van der Waals surface area contributed by atoms with Gasteiger partial charge in [-0.1, -0.05) is 30.3 Å². The molecule has 1 aromatic carbocycles. The molecular formula is C11H14O3S. The van der Waals surface area contributed by atoms with Crippen LogP contribution in [-0.2, 0) is 21.1 Å². The van der Waals surface area contributed by atoms with E-state index in [0.29, 0.717) is 6.42 Å². The Morgan fingerprint density at radius 2 is 1.80 bits per heavy atom. The Morgan fingerprint density at radius 3 is 2.33 bits per heavy atom. The molecule has 0 saturated heterocycles. The summed E-state index contributed by atoms with van der Waals surface area (Å²) >= 11 is 0. The average Bonchev–Trinajstić information content (AvgIpc) is 2.15. The van der Waals surface area contributed by atoms with E-state index in [2.05, 4.69) is 0 Å². The summed E-state index contributed by atoms with van der Waals surface area (Å²) in [5.74, 6) is -0.612. The first-order valence-corrected chi connectivity index (χ1v) is 6.55. The van der Waals surface area contributed by atoms with E-state index in [0.717, 1.165) is 5.56 Å². The molecule has 0 bridgehead atoms. The van der Waals surface area contributed by atoms with Crippen molar-refractivity contribution in [2.75, 3.05) is 11.5 Å². The van der Waals surface area contributed by atoms with Gasteiger partial charge in [0.2, 0.25) is 0 Å². The highest BCUT2D eigenvalue weighted by atomic mass is 32.2. The van der Waals surface area contributed by atoms with Crippen LogP contribution in [0.1, 0.15) is 12.5 Å². The van der Waals surface area contributed by atoms with E-state index in [1.165, 1.54) is 6.92 Å². The maximum Gasteiger partial charge on any atom is 0.157 e. The lowest BCUT2D eigenvalue weighted by molar-refractivity contribution is -0.114. The quantitative estimate of drug-likeness (QED) is 0.759. The fourth-order valence-corrected chi connectivity index (χ4v) is 2.61. The van der Waals surface area contributed by atoms with Crippen molar-refractivity contribution < 1.29 is 13.2 Å². The number of hydrogen-bond donors (Lipinski definition) is 0. The molecule has 0 aromatic heterocycles. The molecule has 0 amide bonds. The van der Waals surface area contributed by atoms with Gasteiger partial charge in [0.15, 0.2) is 9.84 Å². The van der Waals surface area contributed by atoms with Crippen molar-refractivity contribution in [3.8, 4) is 0 Å². The van der Waals surface area contributed by atoms with Gasteiger partial charge in [0.05, 0.1) is 5.75 Å². The minimum atomic E-state index is -3.23. The fourth-order valence-electron chi connectivity index (χ4n) is 1.30. The first-order chi connectivity index (χ1) is 6.99. The van der Waals surface area contributed by atoms with Gasteiger partial charge in [-0.3, -0.25) is 4.79 Å². The minimum absolute atomic E-state index is 0.0383. The van der Waals surface area contributed by atoms with Gasteiger partial charge in [-0.15, -0.1) is 0 Å². The van der Waals surface area contributed by atoms with Crippen LogP contribution < -0.4 is 0 Å². The Labute approximate surface area is 90.0 Å². The molecule has 0 aliphatic carbocycles. The highest BCUT2D eigenvalue weighted by Crippen LogP contribution is 2.02. The molecule has 0 radical (unpaired) electrons. The molecule has 0 unspecified atom stereocenters. The SMILES string of the molecule is CC(=O)CS(=O)(=O)CCc1ccccc1. The largest absolute Gasteiger partial charge is 0.299 e. The second-order valence-electron chi connectivity index (χ2n) is 3.53. The summed E-state index contributed by atoms with van der Waals surface area (Å²) in [5, 5.41) is 0. The molecular weight excluding hydrogens is 212 g/mol. The van der Waals surface area contributed by atoms with Gasteiger partial charge < -0.3 is 0 Å². The van der Waals surface area contributed by atoms with Crippen LogP contribution in [0.3, 0.4) is 0 Å². The molecule has 0 fully saturated rings. The molecule has 82 valence electrons. The third-order valence-corrected chi connectivity index (χ3v) is 3.64. The van der Waals surface area contributed by atoms with Crippen LogP contribution in [0.15, 0.2) is 30.3 Å². The van der Waals surface area contributed by atoms with E-state index < -0.39 is 9.84 Å². The summed E-state index contributed by atoms with van der Waals surface area (Å²) in [6.45, 7) is 1.29. The number of carbonyl (C=O) groups excluding carboxylic acids is 1. The van der Waals surface area contributed by atoms with Crippen LogP contribution in [-0.4, -0.2) is 25.7 Å². The zero-order valence-corrected chi connectivity index (χ0v) is 9.46. The van der Waals surface area contributed by atoms with Gasteiger partial charge in [-0.05, 0) is 18.9 Å². The summed E-state index contributed by atoms with van der Waals surface area (Å²) in [7, 11) is -3.23. The van der Waals surface area contributed by atoms with Crippen LogP contribution in [0.5, 0.6) is 0 Å². The molecule has 1 aromatic rings. The molecule has 0 N–H and O–H groups in total. The van der Waals surface area contributed by atoms with Crippen molar-refractivity contribution in [3.05, 3.63) is 35.9 Å². The minimum Gasteiger partial charge on any atom is -0.299 e. The van der Waals surface area contributed by atoms with Crippen LogP contribution >= 0.6 is 0 Å². The summed E-state index contributed by atoms with van der Waals surface area (Å²) in [6.07, 6.45) is 0.469. The van der Waals surface area contributed by atoms with E-state index >= 15 is 0 Å². The molecule has 3 nitrogen and oxygen atoms in total. The van der Waals surface area contributed by atoms with Gasteiger partial charge in [0, 0.05) is 0 Å². The average molecular weight is 226 g/mol. The number of Topliss-reactive ketones (excluding diaryl/α,β-unsaturated/α-hetero) is 1. The second-order valence-corrected chi connectivity index (χ2v) is 5.71. The van der Waals surface area contributed by atoms with Gasteiger partial charge >= 0.3 is 0 Å². The molecule has 0 atom stereocenters. The molecule has 0 aliphatic rings. The maximum absolute atomic E-state index is 11.4. The summed E-state index contributed by atoms with van der Waals surface area (Å²) in [6, 6.07) is 9.37. The van der Waals surface area contributed by atoms with E-state index in [1.54, 1.807) is 0 Å². The smallest absolute Gasteiger partial charge is 0.157 e. The lowest BCUT2D eigenvalue weighted by Gasteiger charge is -2.02. The van der Waals surface area contributed by atoms with Gasteiger partial charge in [0.1, 0.15) is 11.5 Å². The van der Waals surface area contributed by atoms with Crippen LogP contribution in [0, 0.1) is 0 Å². The first-order valence-electron chi connectivity index (χ1n) is 4.73. The Kier molecular flexibility index (Phi) is 4.03. The topological polar surface area (TPSA) is 51.2 Å². The van der Waals surface area contributed by atoms with E-state index in [1.807, 2.05) is 30.3 Å². The molecule has 0 heterocycles. The Hall–Kier alpha value is -1.16. The molecule has 15 heavy (non-hydrogen) atoms. The molecule has 4 heteroatoms. The van der Waals surface area contributed by atoms with Gasteiger partial charge in [0.25, 0.3) is 0 Å². The van der Waals surface area contributed by atoms with Crippen LogP contribution in [0.2, 0.25) is 0 Å². The third kappa shape index (κ3) is 4.74. The van der Waals surface area contributed by atoms with Crippen molar-refractivity contribution in [2.45, 2.75) is 13.3 Å². The van der Waals surface area contributed by atoms with Crippen molar-refractivity contribution in [1.82, 2.24) is 0 Å². The second kappa shape index (κ2) is 5.07. The lowest BCUT2D eigenvalue weighted by atomic mass is 10.2. The Balaban J connectivity index is 2.54. The number of sulfone groups is 1. The molecule has 1 rings (SSSR count). The van der Waals surface area contributed by atoms with Crippen molar-refractivity contribution in [1.29, 1.82) is 0 Å². The fraction of sp³-hybridized carbons (Fsp3) is 0.364. The number of rotatable bonds is 5. The van der Waals surface area contributed by atoms with Gasteiger partial charge in [-0.25, -0.2) is 8.42 Å². The highest BCUT2D eigenvalue weighted by molar-refractivity contribution is 7.92. The maximum atomic E-state index is 11.4. The molecule has 0 aliphatic heterocycles. The molecule has 0 spiro atoms. The summed E-state index contributed by atoms with van der Waals surface area (Å²) < 4.78 is 22.8. The number of carbonyl (C=O) groups is 1. The number of ketones is 1. The van der Waals surface area contributed by atoms with Crippen molar-refractivity contribution in [3.63, 3.8) is 0 Å². The van der Waals surface area contributed by atoms with Crippen molar-refractivity contribution >= 4 is 15.6 Å².